The summed E-state index contributed by atoms with van der Waals surface area (Å²) in [6, 6.07) is 4.61. The summed E-state index contributed by atoms with van der Waals surface area (Å²) in [6.07, 6.45) is 5.95. The van der Waals surface area contributed by atoms with Crippen LogP contribution < -0.4 is 10.5 Å². The second kappa shape index (κ2) is 5.08. The van der Waals surface area contributed by atoms with E-state index in [-0.39, 0.29) is 17.4 Å². The van der Waals surface area contributed by atoms with Crippen LogP contribution in [0.15, 0.2) is 18.2 Å². The first kappa shape index (κ1) is 11.8. The molecule has 0 saturated heterocycles. The average molecular weight is 235 g/mol. The highest BCUT2D eigenvalue weighted by molar-refractivity contribution is 5.95. The summed E-state index contributed by atoms with van der Waals surface area (Å²) in [5.74, 6) is -0.145. The van der Waals surface area contributed by atoms with Gasteiger partial charge in [0.15, 0.2) is 0 Å². The van der Waals surface area contributed by atoms with Crippen molar-refractivity contribution in [3.05, 3.63) is 23.8 Å². The number of aromatic hydroxyl groups is 1. The normalized spacial score (nSPS) is 16.7. The van der Waals surface area contributed by atoms with Gasteiger partial charge >= 0.3 is 0 Å². The molecule has 3 N–H and O–H groups in total. The number of ether oxygens (including phenoxy) is 1. The lowest BCUT2D eigenvalue weighted by atomic mass is 9.98. The molecule has 0 aromatic heterocycles. The summed E-state index contributed by atoms with van der Waals surface area (Å²) < 4.78 is 5.78. The van der Waals surface area contributed by atoms with Crippen LogP contribution in [0.3, 0.4) is 0 Å². The van der Waals surface area contributed by atoms with Crippen molar-refractivity contribution in [3.8, 4) is 11.5 Å². The van der Waals surface area contributed by atoms with Gasteiger partial charge in [-0.25, -0.2) is 0 Å². The molecule has 1 amide bonds. The number of rotatable bonds is 3. The van der Waals surface area contributed by atoms with Gasteiger partial charge in [-0.2, -0.15) is 0 Å². The van der Waals surface area contributed by atoms with Crippen molar-refractivity contribution in [1.29, 1.82) is 0 Å². The van der Waals surface area contributed by atoms with Gasteiger partial charge in [-0.3, -0.25) is 4.79 Å². The molecule has 2 rings (SSSR count). The van der Waals surface area contributed by atoms with Crippen molar-refractivity contribution in [2.45, 2.75) is 38.2 Å². The third-order valence-corrected chi connectivity index (χ3v) is 3.09. The monoisotopic (exact) mass is 235 g/mol. The molecule has 0 unspecified atom stereocenters. The minimum atomic E-state index is -0.642. The highest BCUT2D eigenvalue weighted by atomic mass is 16.5. The van der Waals surface area contributed by atoms with Crippen LogP contribution in [0, 0.1) is 0 Å². The van der Waals surface area contributed by atoms with Gasteiger partial charge in [0, 0.05) is 0 Å². The van der Waals surface area contributed by atoms with E-state index in [4.69, 9.17) is 10.5 Å². The topological polar surface area (TPSA) is 72.6 Å². The van der Waals surface area contributed by atoms with Crippen LogP contribution >= 0.6 is 0 Å². The number of carbonyl (C=O) groups excluding carboxylic acids is 1. The SMILES string of the molecule is NC(=O)c1cc(OC2CCCCC2)ccc1O. The molecule has 0 radical (unpaired) electrons. The summed E-state index contributed by atoms with van der Waals surface area (Å²) in [6.45, 7) is 0. The molecular formula is C13H17NO3. The number of nitrogens with two attached hydrogens (primary N) is 1. The molecule has 1 aliphatic rings. The first-order valence-electron chi connectivity index (χ1n) is 5.96. The third kappa shape index (κ3) is 2.90. The fourth-order valence-corrected chi connectivity index (χ4v) is 2.16. The van der Waals surface area contributed by atoms with E-state index in [0.717, 1.165) is 12.8 Å². The number of primary amides is 1. The zero-order valence-corrected chi connectivity index (χ0v) is 9.69. The van der Waals surface area contributed by atoms with Crippen LogP contribution in [0.5, 0.6) is 11.5 Å². The van der Waals surface area contributed by atoms with Crippen LogP contribution in [0.2, 0.25) is 0 Å². The van der Waals surface area contributed by atoms with Crippen LogP contribution in [-0.2, 0) is 0 Å². The highest BCUT2D eigenvalue weighted by Crippen LogP contribution is 2.27. The Morgan fingerprint density at radius 3 is 2.65 bits per heavy atom. The van der Waals surface area contributed by atoms with E-state index < -0.39 is 5.91 Å². The molecule has 0 spiro atoms. The van der Waals surface area contributed by atoms with Crippen LogP contribution in [0.25, 0.3) is 0 Å². The van der Waals surface area contributed by atoms with E-state index in [1.807, 2.05) is 0 Å². The Morgan fingerprint density at radius 1 is 1.29 bits per heavy atom. The van der Waals surface area contributed by atoms with E-state index >= 15 is 0 Å². The minimum absolute atomic E-state index is 0.103. The van der Waals surface area contributed by atoms with Gasteiger partial charge in [0.2, 0.25) is 0 Å². The van der Waals surface area contributed by atoms with Gasteiger partial charge in [-0.05, 0) is 43.9 Å². The molecule has 1 aliphatic carbocycles. The summed E-state index contributed by atoms with van der Waals surface area (Å²) in [4.78, 5) is 11.1. The second-order valence-electron chi connectivity index (χ2n) is 4.42. The average Bonchev–Trinajstić information content (AvgIpc) is 2.32. The molecule has 0 aliphatic heterocycles. The molecule has 1 saturated carbocycles. The number of phenols is 1. The fraction of sp³-hybridized carbons (Fsp3) is 0.462. The summed E-state index contributed by atoms with van der Waals surface area (Å²) in [7, 11) is 0. The van der Waals surface area contributed by atoms with E-state index in [1.165, 1.54) is 31.4 Å². The van der Waals surface area contributed by atoms with Crippen molar-refractivity contribution >= 4 is 5.91 Å². The fourth-order valence-electron chi connectivity index (χ4n) is 2.16. The second-order valence-corrected chi connectivity index (χ2v) is 4.42. The van der Waals surface area contributed by atoms with E-state index in [9.17, 15) is 9.90 Å². The summed E-state index contributed by atoms with van der Waals surface area (Å²) >= 11 is 0. The quantitative estimate of drug-likeness (QED) is 0.843. The van der Waals surface area contributed by atoms with Gasteiger partial charge in [0.25, 0.3) is 5.91 Å². The molecule has 0 atom stereocenters. The minimum Gasteiger partial charge on any atom is -0.507 e. The lowest BCUT2D eigenvalue weighted by Crippen LogP contribution is -2.20. The Morgan fingerprint density at radius 2 is 2.00 bits per heavy atom. The van der Waals surface area contributed by atoms with E-state index in [0.29, 0.717) is 5.75 Å². The van der Waals surface area contributed by atoms with Crippen LogP contribution in [0.1, 0.15) is 42.5 Å². The maximum atomic E-state index is 11.1. The Labute approximate surface area is 100 Å². The van der Waals surface area contributed by atoms with Gasteiger partial charge in [-0.15, -0.1) is 0 Å². The molecule has 0 bridgehead atoms. The first-order valence-corrected chi connectivity index (χ1v) is 5.96. The van der Waals surface area contributed by atoms with Gasteiger partial charge in [-0.1, -0.05) is 6.42 Å². The summed E-state index contributed by atoms with van der Waals surface area (Å²) in [5, 5.41) is 9.45. The van der Waals surface area contributed by atoms with Gasteiger partial charge < -0.3 is 15.6 Å². The zero-order valence-electron chi connectivity index (χ0n) is 9.69. The number of hydrogen-bond donors (Lipinski definition) is 2. The Hall–Kier alpha value is -1.71. The molecule has 1 fully saturated rings. The smallest absolute Gasteiger partial charge is 0.252 e. The van der Waals surface area contributed by atoms with Crippen molar-refractivity contribution < 1.29 is 14.6 Å². The van der Waals surface area contributed by atoms with Crippen molar-refractivity contribution in [2.24, 2.45) is 5.73 Å². The standard InChI is InChI=1S/C13H17NO3/c14-13(16)11-8-10(6-7-12(11)15)17-9-4-2-1-3-5-9/h6-9,15H,1-5H2,(H2,14,16). The first-order chi connectivity index (χ1) is 8.16. The predicted molar refractivity (Wildman–Crippen MR) is 64.1 cm³/mol. The van der Waals surface area contributed by atoms with E-state index in [2.05, 4.69) is 0 Å². The lowest BCUT2D eigenvalue weighted by molar-refractivity contribution is 0.0996. The highest BCUT2D eigenvalue weighted by Gasteiger charge is 2.16. The van der Waals surface area contributed by atoms with Crippen LogP contribution in [0.4, 0.5) is 0 Å². The number of benzene rings is 1. The van der Waals surface area contributed by atoms with Gasteiger partial charge in [0.1, 0.15) is 11.5 Å². The molecule has 4 heteroatoms. The molecule has 4 nitrogen and oxygen atoms in total. The predicted octanol–water partition coefficient (Wildman–Crippen LogP) is 2.20. The van der Waals surface area contributed by atoms with Crippen LogP contribution in [-0.4, -0.2) is 17.1 Å². The largest absolute Gasteiger partial charge is 0.507 e. The Bertz CT molecular complexity index is 411. The van der Waals surface area contributed by atoms with Gasteiger partial charge in [0.05, 0.1) is 11.7 Å². The Kier molecular flexibility index (Phi) is 3.52. The number of carbonyl (C=O) groups is 1. The van der Waals surface area contributed by atoms with Crippen molar-refractivity contribution in [1.82, 2.24) is 0 Å². The lowest BCUT2D eigenvalue weighted by Gasteiger charge is -2.23. The van der Waals surface area contributed by atoms with Crippen molar-refractivity contribution in [3.63, 3.8) is 0 Å². The molecular weight excluding hydrogens is 218 g/mol. The maximum Gasteiger partial charge on any atom is 0.252 e. The van der Waals surface area contributed by atoms with Crippen molar-refractivity contribution in [2.75, 3.05) is 0 Å². The molecule has 1 aromatic rings. The molecule has 0 heterocycles. The summed E-state index contributed by atoms with van der Waals surface area (Å²) in [5.41, 5.74) is 5.27. The van der Waals surface area contributed by atoms with E-state index in [1.54, 1.807) is 6.07 Å². The maximum absolute atomic E-state index is 11.1. The zero-order chi connectivity index (χ0) is 12.3. The Balaban J connectivity index is 2.10. The third-order valence-electron chi connectivity index (χ3n) is 3.09. The molecule has 17 heavy (non-hydrogen) atoms. The number of hydrogen-bond acceptors (Lipinski definition) is 3. The molecule has 92 valence electrons. The number of amides is 1. The molecule has 1 aromatic carbocycles.